The number of nitrogens with one attached hydrogen (secondary N) is 3. The first-order valence-electron chi connectivity index (χ1n) is 6.03. The molecule has 0 aliphatic carbocycles. The molecule has 0 atom stereocenters. The molecule has 2 aromatic carbocycles. The third-order valence-electron chi connectivity index (χ3n) is 2.57. The van der Waals surface area contributed by atoms with Gasteiger partial charge in [0, 0.05) is 11.3 Å². The number of thiocarbonyl (C=S) groups is 1. The van der Waals surface area contributed by atoms with Crippen LogP contribution in [0.2, 0.25) is 10.0 Å². The number of amides is 1. The van der Waals surface area contributed by atoms with Crippen molar-refractivity contribution in [3.63, 3.8) is 0 Å². The first kappa shape index (κ1) is 16.5. The van der Waals surface area contributed by atoms with Crippen molar-refractivity contribution in [3.8, 4) is 0 Å². The summed E-state index contributed by atoms with van der Waals surface area (Å²) in [6.45, 7) is 0. The normalized spacial score (nSPS) is 9.95. The number of hydrogen-bond acceptors (Lipinski definition) is 2. The molecule has 2 rings (SSSR count). The van der Waals surface area contributed by atoms with Gasteiger partial charge >= 0.3 is 0 Å². The Morgan fingerprint density at radius 3 is 2.32 bits per heavy atom. The highest BCUT2D eigenvalue weighted by atomic mass is 35.5. The van der Waals surface area contributed by atoms with E-state index >= 15 is 0 Å². The zero-order valence-electron chi connectivity index (χ0n) is 11.0. The van der Waals surface area contributed by atoms with E-state index in [2.05, 4.69) is 16.2 Å². The van der Waals surface area contributed by atoms with Crippen molar-refractivity contribution in [3.05, 3.63) is 63.9 Å². The Bertz CT molecular complexity index is 710. The molecule has 0 radical (unpaired) electrons. The Hall–Kier alpha value is -1.89. The summed E-state index contributed by atoms with van der Waals surface area (Å²) in [7, 11) is 0. The van der Waals surface area contributed by atoms with Crippen LogP contribution in [-0.2, 0) is 0 Å². The third kappa shape index (κ3) is 4.56. The molecule has 22 heavy (non-hydrogen) atoms. The largest absolute Gasteiger partial charge is 0.331 e. The summed E-state index contributed by atoms with van der Waals surface area (Å²) in [5.74, 6) is -0.779. The molecule has 0 bridgehead atoms. The lowest BCUT2D eigenvalue weighted by atomic mass is 10.2. The lowest BCUT2D eigenvalue weighted by molar-refractivity contribution is 0.0944. The van der Waals surface area contributed by atoms with Crippen LogP contribution in [0.25, 0.3) is 0 Å². The van der Waals surface area contributed by atoms with E-state index in [4.69, 9.17) is 35.4 Å². The molecule has 0 fully saturated rings. The number of halogens is 3. The predicted octanol–water partition coefficient (Wildman–Crippen LogP) is 3.76. The van der Waals surface area contributed by atoms with Gasteiger partial charge in [0.1, 0.15) is 5.82 Å². The number of hydrazine groups is 1. The SMILES string of the molecule is O=C(NNC(=S)Nc1ccc(F)cc1)c1ccc(Cl)c(Cl)c1. The van der Waals surface area contributed by atoms with Crippen LogP contribution in [0.1, 0.15) is 10.4 Å². The van der Waals surface area contributed by atoms with Gasteiger partial charge in [0.05, 0.1) is 10.0 Å². The molecule has 0 aliphatic heterocycles. The average Bonchev–Trinajstić information content (AvgIpc) is 2.50. The molecule has 0 saturated heterocycles. The second-order valence-corrected chi connectivity index (χ2v) is 5.39. The summed E-state index contributed by atoms with van der Waals surface area (Å²) in [5, 5.41) is 3.58. The molecule has 114 valence electrons. The number of rotatable bonds is 2. The van der Waals surface area contributed by atoms with Gasteiger partial charge in [-0.05, 0) is 54.7 Å². The van der Waals surface area contributed by atoms with Gasteiger partial charge in [-0.1, -0.05) is 23.2 Å². The van der Waals surface area contributed by atoms with Crippen molar-refractivity contribution < 1.29 is 9.18 Å². The molecule has 8 heteroatoms. The van der Waals surface area contributed by atoms with Gasteiger partial charge in [0.25, 0.3) is 5.91 Å². The Morgan fingerprint density at radius 2 is 1.68 bits per heavy atom. The van der Waals surface area contributed by atoms with Crippen molar-refractivity contribution >= 4 is 52.1 Å². The molecular weight excluding hydrogens is 348 g/mol. The summed E-state index contributed by atoms with van der Waals surface area (Å²) in [6.07, 6.45) is 0. The van der Waals surface area contributed by atoms with Crippen LogP contribution in [0.15, 0.2) is 42.5 Å². The number of anilines is 1. The maximum Gasteiger partial charge on any atom is 0.269 e. The van der Waals surface area contributed by atoms with E-state index in [1.54, 1.807) is 0 Å². The minimum Gasteiger partial charge on any atom is -0.331 e. The monoisotopic (exact) mass is 357 g/mol. The fraction of sp³-hybridized carbons (Fsp3) is 0. The van der Waals surface area contributed by atoms with Gasteiger partial charge in [-0.3, -0.25) is 15.6 Å². The molecule has 0 unspecified atom stereocenters. The molecule has 0 aromatic heterocycles. The first-order chi connectivity index (χ1) is 10.5. The van der Waals surface area contributed by atoms with Crippen LogP contribution in [-0.4, -0.2) is 11.0 Å². The predicted molar refractivity (Wildman–Crippen MR) is 89.7 cm³/mol. The standard InChI is InChI=1S/C14H10Cl2FN3OS/c15-11-6-1-8(7-12(11)16)13(21)19-20-14(22)18-10-4-2-9(17)3-5-10/h1-7H,(H,19,21)(H2,18,20,22). The average molecular weight is 358 g/mol. The topological polar surface area (TPSA) is 53.2 Å². The lowest BCUT2D eigenvalue weighted by Crippen LogP contribution is -2.43. The molecule has 2 aromatic rings. The van der Waals surface area contributed by atoms with Gasteiger partial charge in [0.15, 0.2) is 5.11 Å². The van der Waals surface area contributed by atoms with E-state index in [1.165, 1.54) is 42.5 Å². The van der Waals surface area contributed by atoms with Gasteiger partial charge in [0.2, 0.25) is 0 Å². The van der Waals surface area contributed by atoms with Crippen LogP contribution in [0.4, 0.5) is 10.1 Å². The summed E-state index contributed by atoms with van der Waals surface area (Å²) < 4.78 is 12.8. The second-order valence-electron chi connectivity index (χ2n) is 4.17. The van der Waals surface area contributed by atoms with Crippen molar-refractivity contribution in [2.24, 2.45) is 0 Å². The molecule has 1 amide bonds. The summed E-state index contributed by atoms with van der Waals surface area (Å²) in [5.41, 5.74) is 5.85. The van der Waals surface area contributed by atoms with E-state index in [1.807, 2.05) is 0 Å². The highest BCUT2D eigenvalue weighted by Gasteiger charge is 2.08. The van der Waals surface area contributed by atoms with Gasteiger partial charge in [-0.2, -0.15) is 0 Å². The molecule has 0 heterocycles. The third-order valence-corrected chi connectivity index (χ3v) is 3.52. The summed E-state index contributed by atoms with van der Waals surface area (Å²) in [6, 6.07) is 10.1. The minimum absolute atomic E-state index is 0.153. The van der Waals surface area contributed by atoms with Gasteiger partial charge in [-0.25, -0.2) is 4.39 Å². The van der Waals surface area contributed by atoms with Crippen LogP contribution >= 0.6 is 35.4 Å². The maximum atomic E-state index is 12.8. The fourth-order valence-corrected chi connectivity index (χ4v) is 1.99. The van der Waals surface area contributed by atoms with Crippen molar-refractivity contribution in [2.45, 2.75) is 0 Å². The fourth-order valence-electron chi connectivity index (χ4n) is 1.52. The van der Waals surface area contributed by atoms with E-state index in [-0.39, 0.29) is 16.0 Å². The Kier molecular flexibility index (Phi) is 5.54. The van der Waals surface area contributed by atoms with Crippen LogP contribution < -0.4 is 16.2 Å². The van der Waals surface area contributed by atoms with Gasteiger partial charge < -0.3 is 5.32 Å². The zero-order chi connectivity index (χ0) is 16.1. The Balaban J connectivity index is 1.88. The summed E-state index contributed by atoms with van der Waals surface area (Å²) in [4.78, 5) is 11.9. The van der Waals surface area contributed by atoms with Gasteiger partial charge in [-0.15, -0.1) is 0 Å². The number of carbonyl (C=O) groups excluding carboxylic acids is 1. The Labute approximate surface area is 141 Å². The first-order valence-corrected chi connectivity index (χ1v) is 7.20. The number of hydrogen-bond donors (Lipinski definition) is 3. The summed E-state index contributed by atoms with van der Waals surface area (Å²) >= 11 is 16.6. The molecular formula is C14H10Cl2FN3OS. The van der Waals surface area contributed by atoms with E-state index in [0.717, 1.165) is 0 Å². The highest BCUT2D eigenvalue weighted by Crippen LogP contribution is 2.22. The maximum absolute atomic E-state index is 12.8. The Morgan fingerprint density at radius 1 is 1.00 bits per heavy atom. The molecule has 3 N–H and O–H groups in total. The molecule has 0 aliphatic rings. The smallest absolute Gasteiger partial charge is 0.269 e. The van der Waals surface area contributed by atoms with Crippen molar-refractivity contribution in [1.82, 2.24) is 10.9 Å². The quantitative estimate of drug-likeness (QED) is 0.565. The van der Waals surface area contributed by atoms with Crippen LogP contribution in [0, 0.1) is 5.82 Å². The zero-order valence-corrected chi connectivity index (χ0v) is 13.3. The highest BCUT2D eigenvalue weighted by molar-refractivity contribution is 7.80. The number of carbonyl (C=O) groups is 1. The number of benzene rings is 2. The lowest BCUT2D eigenvalue weighted by Gasteiger charge is -2.11. The van der Waals surface area contributed by atoms with Crippen LogP contribution in [0.5, 0.6) is 0 Å². The minimum atomic E-state index is -0.429. The molecule has 0 saturated carbocycles. The van der Waals surface area contributed by atoms with E-state index in [0.29, 0.717) is 16.3 Å². The molecule has 0 spiro atoms. The van der Waals surface area contributed by atoms with Crippen LogP contribution in [0.3, 0.4) is 0 Å². The second kappa shape index (κ2) is 7.40. The van der Waals surface area contributed by atoms with Crippen molar-refractivity contribution in [1.29, 1.82) is 0 Å². The molecule has 4 nitrogen and oxygen atoms in total. The van der Waals surface area contributed by atoms with Crippen molar-refractivity contribution in [2.75, 3.05) is 5.32 Å². The van der Waals surface area contributed by atoms with E-state index < -0.39 is 5.91 Å². The van der Waals surface area contributed by atoms with E-state index in [9.17, 15) is 9.18 Å².